The first-order valence-corrected chi connectivity index (χ1v) is 18.0. The van der Waals surface area contributed by atoms with E-state index in [4.69, 9.17) is 4.18 Å². The number of hydrogen-bond donors (Lipinski definition) is 1. The van der Waals surface area contributed by atoms with E-state index in [-0.39, 0.29) is 26.0 Å². The Morgan fingerprint density at radius 2 is 1.59 bits per heavy atom. The first kappa shape index (κ1) is 31.9. The maximum absolute atomic E-state index is 13.3. The summed E-state index contributed by atoms with van der Waals surface area (Å²) >= 11 is 7.78. The summed E-state index contributed by atoms with van der Waals surface area (Å²) in [6.07, 6.45) is 1.38. The molecule has 0 unspecified atom stereocenters. The van der Waals surface area contributed by atoms with Crippen LogP contribution in [0.25, 0.3) is 6.08 Å². The Morgan fingerprint density at radius 3 is 2.25 bits per heavy atom. The van der Waals surface area contributed by atoms with E-state index in [1.807, 2.05) is 0 Å². The molecule has 10 nitrogen and oxygen atoms in total. The highest BCUT2D eigenvalue weighted by Crippen LogP contribution is 2.41. The number of sulfone groups is 1. The number of amides is 1. The van der Waals surface area contributed by atoms with Crippen LogP contribution in [0.3, 0.4) is 0 Å². The summed E-state index contributed by atoms with van der Waals surface area (Å²) in [4.78, 5) is 24.4. The Morgan fingerprint density at radius 1 is 0.932 bits per heavy atom. The van der Waals surface area contributed by atoms with Crippen molar-refractivity contribution in [3.63, 3.8) is 0 Å². The van der Waals surface area contributed by atoms with Crippen LogP contribution in [-0.2, 0) is 30.5 Å². The molecule has 226 valence electrons. The number of benzene rings is 4. The van der Waals surface area contributed by atoms with Crippen LogP contribution in [0.4, 0.5) is 11.4 Å². The van der Waals surface area contributed by atoms with Crippen LogP contribution in [-0.4, -0.2) is 27.7 Å². The topological polar surface area (TPSA) is 150 Å². The lowest BCUT2D eigenvalue weighted by molar-refractivity contribution is -0.385. The molecule has 15 heteroatoms. The summed E-state index contributed by atoms with van der Waals surface area (Å²) < 4.78 is 58.4. The predicted octanol–water partition coefficient (Wildman–Crippen LogP) is 7.26. The Kier molecular flexibility index (Phi) is 9.05. The standard InChI is InChI=1S/C29H20Br2N2O8S3/c1-17-5-8-19(9-6-17)44(39,40)41-26-12-7-18(13-25(26)33(35)36)14-28-29(34)32-24-11-10-20(15-27(24)42-28)43(37,38)16-21-22(30)3-2-4-23(21)31/h2-15H,16H2,1H3,(H,32,34)/b28-14-. The molecule has 1 N–H and O–H groups in total. The number of nitrogens with one attached hydrogen (secondary N) is 1. The van der Waals surface area contributed by atoms with Crippen molar-refractivity contribution >= 4 is 86.9 Å². The minimum absolute atomic E-state index is 0.0498. The van der Waals surface area contributed by atoms with E-state index in [1.165, 1.54) is 42.5 Å². The number of thioether (sulfide) groups is 1. The summed E-state index contributed by atoms with van der Waals surface area (Å²) in [6, 6.07) is 19.1. The molecule has 1 aliphatic heterocycles. The molecule has 0 saturated carbocycles. The van der Waals surface area contributed by atoms with Crippen molar-refractivity contribution in [3.05, 3.63) is 120 Å². The smallest absolute Gasteiger partial charge is 0.339 e. The van der Waals surface area contributed by atoms with E-state index < -0.39 is 42.2 Å². The van der Waals surface area contributed by atoms with Gasteiger partial charge in [0.15, 0.2) is 9.84 Å². The quantitative estimate of drug-likeness (QED) is 0.0844. The molecule has 5 rings (SSSR count). The lowest BCUT2D eigenvalue weighted by Crippen LogP contribution is -2.17. The summed E-state index contributed by atoms with van der Waals surface area (Å²) in [5, 5.41) is 14.5. The molecule has 0 spiro atoms. The third-order valence-electron chi connectivity index (χ3n) is 6.39. The Balaban J connectivity index is 1.43. The molecular formula is C29H20Br2N2O8S3. The number of carbonyl (C=O) groups excluding carboxylic acids is 1. The average molecular weight is 780 g/mol. The Bertz CT molecular complexity index is 2060. The number of nitrogens with zero attached hydrogens (tertiary/aromatic N) is 1. The number of fused-ring (bicyclic) bond motifs is 1. The lowest BCUT2D eigenvalue weighted by atomic mass is 10.1. The van der Waals surface area contributed by atoms with Gasteiger partial charge in [-0.3, -0.25) is 14.9 Å². The van der Waals surface area contributed by atoms with E-state index >= 15 is 0 Å². The molecule has 44 heavy (non-hydrogen) atoms. The highest BCUT2D eigenvalue weighted by molar-refractivity contribution is 9.11. The summed E-state index contributed by atoms with van der Waals surface area (Å²) in [5.41, 5.74) is 1.40. The second-order valence-corrected chi connectivity index (χ2v) is 15.8. The van der Waals surface area contributed by atoms with Crippen LogP contribution in [0.2, 0.25) is 0 Å². The third-order valence-corrected chi connectivity index (χ3v) is 11.8. The van der Waals surface area contributed by atoms with Crippen molar-refractivity contribution < 1.29 is 30.7 Å². The normalized spacial score (nSPS) is 14.2. The molecule has 0 fully saturated rings. The van der Waals surface area contributed by atoms with Gasteiger partial charge in [-0.25, -0.2) is 8.42 Å². The van der Waals surface area contributed by atoms with E-state index in [1.54, 1.807) is 37.3 Å². The summed E-state index contributed by atoms with van der Waals surface area (Å²) in [5.74, 6) is -1.26. The second-order valence-electron chi connectivity index (χ2n) is 9.52. The lowest BCUT2D eigenvalue weighted by Gasteiger charge is -2.19. The van der Waals surface area contributed by atoms with E-state index in [0.29, 0.717) is 25.1 Å². The van der Waals surface area contributed by atoms with Crippen LogP contribution in [0.5, 0.6) is 5.75 Å². The zero-order chi connectivity index (χ0) is 31.8. The van der Waals surface area contributed by atoms with E-state index in [9.17, 15) is 31.7 Å². The Labute approximate surface area is 274 Å². The average Bonchev–Trinajstić information content (AvgIpc) is 2.96. The maximum Gasteiger partial charge on any atom is 0.339 e. The monoisotopic (exact) mass is 778 g/mol. The molecule has 0 radical (unpaired) electrons. The van der Waals surface area contributed by atoms with Crippen molar-refractivity contribution in [3.8, 4) is 5.75 Å². The van der Waals surface area contributed by atoms with Gasteiger partial charge in [0.1, 0.15) is 4.90 Å². The van der Waals surface area contributed by atoms with E-state index in [2.05, 4.69) is 37.2 Å². The molecule has 4 aromatic rings. The van der Waals surface area contributed by atoms with Gasteiger partial charge in [-0.2, -0.15) is 8.42 Å². The summed E-state index contributed by atoms with van der Waals surface area (Å²) in [6.45, 7) is 1.78. The number of nitro benzene ring substituents is 1. The van der Waals surface area contributed by atoms with Gasteiger partial charge in [-0.1, -0.05) is 73.5 Å². The molecule has 4 aromatic carbocycles. The molecular weight excluding hydrogens is 760 g/mol. The number of halogens is 2. The predicted molar refractivity (Wildman–Crippen MR) is 174 cm³/mol. The minimum atomic E-state index is -4.35. The van der Waals surface area contributed by atoms with E-state index in [0.717, 1.165) is 29.5 Å². The van der Waals surface area contributed by atoms with Gasteiger partial charge in [0.05, 0.1) is 26.2 Å². The largest absolute Gasteiger partial charge is 0.372 e. The van der Waals surface area contributed by atoms with Crippen molar-refractivity contribution in [1.29, 1.82) is 0 Å². The molecule has 1 aliphatic rings. The van der Waals surface area contributed by atoms with Gasteiger partial charge in [0.25, 0.3) is 5.91 Å². The number of anilines is 1. The molecule has 0 aromatic heterocycles. The van der Waals surface area contributed by atoms with Gasteiger partial charge in [-0.05, 0) is 72.7 Å². The highest BCUT2D eigenvalue weighted by atomic mass is 79.9. The first-order valence-electron chi connectivity index (χ1n) is 12.5. The zero-order valence-corrected chi connectivity index (χ0v) is 28.1. The van der Waals surface area contributed by atoms with Gasteiger partial charge >= 0.3 is 15.8 Å². The zero-order valence-electron chi connectivity index (χ0n) is 22.5. The number of aryl methyl sites for hydroxylation is 1. The number of carbonyl (C=O) groups is 1. The number of rotatable bonds is 8. The Hall–Kier alpha value is -3.50. The molecule has 0 aliphatic carbocycles. The minimum Gasteiger partial charge on any atom is -0.372 e. The molecule has 1 heterocycles. The third kappa shape index (κ3) is 6.91. The van der Waals surface area contributed by atoms with Crippen LogP contribution < -0.4 is 9.50 Å². The molecule has 1 amide bonds. The fraction of sp³-hybridized carbons (Fsp3) is 0.0690. The number of nitro groups is 1. The van der Waals surface area contributed by atoms with Crippen LogP contribution in [0.15, 0.2) is 107 Å². The molecule has 0 atom stereocenters. The van der Waals surface area contributed by atoms with Crippen LogP contribution >= 0.6 is 43.6 Å². The van der Waals surface area contributed by atoms with Gasteiger partial charge in [0.2, 0.25) is 5.75 Å². The fourth-order valence-electron chi connectivity index (χ4n) is 4.13. The maximum atomic E-state index is 13.3. The highest BCUT2D eigenvalue weighted by Gasteiger charge is 2.27. The van der Waals surface area contributed by atoms with Gasteiger partial charge in [0, 0.05) is 19.9 Å². The fourth-order valence-corrected chi connectivity index (χ4v) is 9.22. The molecule has 0 bridgehead atoms. The SMILES string of the molecule is Cc1ccc(S(=O)(=O)Oc2ccc(/C=C3\Sc4cc(S(=O)(=O)Cc5c(Br)cccc5Br)ccc4NC3=O)cc2[N+](=O)[O-])cc1. The van der Waals surface area contributed by atoms with Crippen molar-refractivity contribution in [2.24, 2.45) is 0 Å². The second kappa shape index (κ2) is 12.5. The van der Waals surface area contributed by atoms with Crippen LogP contribution in [0.1, 0.15) is 16.7 Å². The van der Waals surface area contributed by atoms with Gasteiger partial charge < -0.3 is 9.50 Å². The van der Waals surface area contributed by atoms with Gasteiger partial charge in [-0.15, -0.1) is 0 Å². The van der Waals surface area contributed by atoms with Crippen molar-refractivity contribution in [2.45, 2.75) is 27.4 Å². The van der Waals surface area contributed by atoms with Crippen molar-refractivity contribution in [1.82, 2.24) is 0 Å². The van der Waals surface area contributed by atoms with Crippen molar-refractivity contribution in [2.75, 3.05) is 5.32 Å². The molecule has 0 saturated heterocycles. The number of hydrogen-bond acceptors (Lipinski definition) is 9. The van der Waals surface area contributed by atoms with Crippen LogP contribution in [0, 0.1) is 17.0 Å². The first-order chi connectivity index (χ1) is 20.7. The summed E-state index contributed by atoms with van der Waals surface area (Å²) in [7, 11) is -8.13.